The highest BCUT2D eigenvalue weighted by Gasteiger charge is 2.29. The molecule has 0 bridgehead atoms. The van der Waals surface area contributed by atoms with Gasteiger partial charge in [0.25, 0.3) is 0 Å². The van der Waals surface area contributed by atoms with Gasteiger partial charge in [0.2, 0.25) is 10.0 Å². The molecule has 8 heteroatoms. The van der Waals surface area contributed by atoms with Crippen LogP contribution in [0.3, 0.4) is 0 Å². The van der Waals surface area contributed by atoms with Gasteiger partial charge in [-0.15, -0.1) is 11.3 Å². The number of nitrogens with zero attached hydrogens (tertiary/aromatic N) is 1. The van der Waals surface area contributed by atoms with Gasteiger partial charge < -0.3 is 9.47 Å². The van der Waals surface area contributed by atoms with Gasteiger partial charge >= 0.3 is 0 Å². The summed E-state index contributed by atoms with van der Waals surface area (Å²) in [5.41, 5.74) is 0. The number of ether oxygens (including phenoxy) is 2. The number of fused-ring (bicyclic) bond motifs is 1. The minimum atomic E-state index is -3.54. The van der Waals surface area contributed by atoms with E-state index in [9.17, 15) is 8.42 Å². The van der Waals surface area contributed by atoms with Crippen LogP contribution in [0.4, 0.5) is 0 Å². The summed E-state index contributed by atoms with van der Waals surface area (Å²) in [5, 5.41) is 2.45. The van der Waals surface area contributed by atoms with Gasteiger partial charge in [-0.3, -0.25) is 0 Å². The number of rotatable bonds is 3. The fourth-order valence-corrected chi connectivity index (χ4v) is 6.97. The van der Waals surface area contributed by atoms with Crippen LogP contribution in [-0.4, -0.2) is 44.8 Å². The van der Waals surface area contributed by atoms with Crippen LogP contribution in [0.5, 0.6) is 11.5 Å². The first-order chi connectivity index (χ1) is 12.6. The van der Waals surface area contributed by atoms with Crippen molar-refractivity contribution in [1.82, 2.24) is 4.31 Å². The first kappa shape index (κ1) is 18.2. The lowest BCUT2D eigenvalue weighted by Crippen LogP contribution is -2.33. The Balaban J connectivity index is 1.54. The molecule has 1 aromatic carbocycles. The molecule has 0 aliphatic carbocycles. The zero-order chi connectivity index (χ0) is 18.0. The molecule has 1 fully saturated rings. The minimum absolute atomic E-state index is 0.279. The SMILES string of the molecule is O=S(=O)(c1ccc2c(c1)OCCCO2)N1CCSC(c2cccs2)CC1. The van der Waals surface area contributed by atoms with Crippen molar-refractivity contribution in [3.05, 3.63) is 40.6 Å². The van der Waals surface area contributed by atoms with Crippen molar-refractivity contribution in [2.24, 2.45) is 0 Å². The van der Waals surface area contributed by atoms with Crippen molar-refractivity contribution in [2.75, 3.05) is 32.1 Å². The lowest BCUT2D eigenvalue weighted by Gasteiger charge is -2.20. The number of thiophene rings is 1. The summed E-state index contributed by atoms with van der Waals surface area (Å²) in [6.45, 7) is 2.20. The van der Waals surface area contributed by atoms with Crippen LogP contribution < -0.4 is 9.47 Å². The fraction of sp³-hybridized carbons (Fsp3) is 0.444. The summed E-state index contributed by atoms with van der Waals surface area (Å²) < 4.78 is 39.1. The number of sulfonamides is 1. The molecule has 0 spiro atoms. The van der Waals surface area contributed by atoms with Gasteiger partial charge in [0, 0.05) is 41.5 Å². The number of hydrogen-bond acceptors (Lipinski definition) is 6. The molecule has 140 valence electrons. The molecule has 0 N–H and O–H groups in total. The molecule has 2 aliphatic heterocycles. The van der Waals surface area contributed by atoms with Gasteiger partial charge in [0.1, 0.15) is 0 Å². The average Bonchev–Trinajstić information content (AvgIpc) is 2.92. The van der Waals surface area contributed by atoms with E-state index in [0.29, 0.717) is 43.1 Å². The van der Waals surface area contributed by atoms with E-state index in [4.69, 9.17) is 9.47 Å². The second-order valence-electron chi connectivity index (χ2n) is 6.23. The third kappa shape index (κ3) is 3.74. The van der Waals surface area contributed by atoms with Crippen molar-refractivity contribution < 1.29 is 17.9 Å². The Morgan fingerprint density at radius 2 is 1.92 bits per heavy atom. The number of thioether (sulfide) groups is 1. The number of hydrogen-bond donors (Lipinski definition) is 0. The third-order valence-electron chi connectivity index (χ3n) is 4.52. The average molecular weight is 412 g/mol. The van der Waals surface area contributed by atoms with E-state index in [0.717, 1.165) is 18.6 Å². The third-order valence-corrected chi connectivity index (χ3v) is 8.86. The molecule has 1 aromatic heterocycles. The molecule has 0 saturated carbocycles. The van der Waals surface area contributed by atoms with E-state index in [-0.39, 0.29) is 4.90 Å². The van der Waals surface area contributed by atoms with E-state index in [1.807, 2.05) is 11.8 Å². The quantitative estimate of drug-likeness (QED) is 0.769. The zero-order valence-corrected chi connectivity index (χ0v) is 16.7. The molecule has 26 heavy (non-hydrogen) atoms. The van der Waals surface area contributed by atoms with Crippen LogP contribution in [0.15, 0.2) is 40.6 Å². The maximum absolute atomic E-state index is 13.1. The summed E-state index contributed by atoms with van der Waals surface area (Å²) in [4.78, 5) is 1.60. The Kier molecular flexibility index (Phi) is 5.45. The van der Waals surface area contributed by atoms with Gasteiger partial charge in [0.05, 0.1) is 18.1 Å². The normalized spacial score (nSPS) is 21.8. The second kappa shape index (κ2) is 7.80. The largest absolute Gasteiger partial charge is 0.490 e. The molecule has 1 atom stereocenters. The highest BCUT2D eigenvalue weighted by atomic mass is 32.2. The molecular formula is C18H21NO4S3. The lowest BCUT2D eigenvalue weighted by atomic mass is 10.2. The molecule has 1 saturated heterocycles. The Bertz CT molecular complexity index is 851. The van der Waals surface area contributed by atoms with E-state index in [1.54, 1.807) is 33.8 Å². The smallest absolute Gasteiger partial charge is 0.243 e. The first-order valence-electron chi connectivity index (χ1n) is 8.69. The minimum Gasteiger partial charge on any atom is -0.490 e. The fourth-order valence-electron chi connectivity index (χ4n) is 3.15. The van der Waals surface area contributed by atoms with Crippen LogP contribution in [-0.2, 0) is 10.0 Å². The molecule has 1 unspecified atom stereocenters. The molecule has 2 aromatic rings. The molecule has 0 amide bonds. The van der Waals surface area contributed by atoms with Crippen LogP contribution in [0.1, 0.15) is 23.0 Å². The first-order valence-corrected chi connectivity index (χ1v) is 12.1. The van der Waals surface area contributed by atoms with Crippen molar-refractivity contribution in [3.8, 4) is 11.5 Å². The van der Waals surface area contributed by atoms with Gasteiger partial charge in [-0.1, -0.05) is 6.07 Å². The predicted octanol–water partition coefficient (Wildman–Crippen LogP) is 3.78. The van der Waals surface area contributed by atoms with E-state index in [1.165, 1.54) is 4.88 Å². The summed E-state index contributed by atoms with van der Waals surface area (Å²) in [5.74, 6) is 1.93. The summed E-state index contributed by atoms with van der Waals surface area (Å²) >= 11 is 3.58. The summed E-state index contributed by atoms with van der Waals surface area (Å²) in [6.07, 6.45) is 1.62. The Morgan fingerprint density at radius 1 is 1.08 bits per heavy atom. The highest BCUT2D eigenvalue weighted by Crippen LogP contribution is 2.38. The molecule has 4 rings (SSSR count). The Labute approximate surface area is 162 Å². The Morgan fingerprint density at radius 3 is 2.73 bits per heavy atom. The summed E-state index contributed by atoms with van der Waals surface area (Å²) in [7, 11) is -3.54. The van der Waals surface area contributed by atoms with E-state index in [2.05, 4.69) is 17.5 Å². The molecule has 3 heterocycles. The standard InChI is InChI=1S/C18H21NO4S3/c20-26(21,14-4-5-15-16(13-14)23-10-2-9-22-15)19-7-6-18(25-12-8-19)17-3-1-11-24-17/h1,3-5,11,13,18H,2,6-10,12H2. The van der Waals surface area contributed by atoms with Gasteiger partial charge in [-0.05, 0) is 30.0 Å². The van der Waals surface area contributed by atoms with Crippen LogP contribution in [0.2, 0.25) is 0 Å². The summed E-state index contributed by atoms with van der Waals surface area (Å²) in [6, 6.07) is 9.12. The molecular weight excluding hydrogens is 390 g/mol. The van der Waals surface area contributed by atoms with Crippen LogP contribution >= 0.6 is 23.1 Å². The van der Waals surface area contributed by atoms with Crippen molar-refractivity contribution in [3.63, 3.8) is 0 Å². The highest BCUT2D eigenvalue weighted by molar-refractivity contribution is 7.99. The monoisotopic (exact) mass is 411 g/mol. The zero-order valence-electron chi connectivity index (χ0n) is 14.3. The second-order valence-corrected chi connectivity index (χ2v) is 10.5. The molecule has 0 radical (unpaired) electrons. The maximum Gasteiger partial charge on any atom is 0.243 e. The van der Waals surface area contributed by atoms with Crippen molar-refractivity contribution in [2.45, 2.75) is 23.0 Å². The predicted molar refractivity (Wildman–Crippen MR) is 105 cm³/mol. The lowest BCUT2D eigenvalue weighted by molar-refractivity contribution is 0.296. The maximum atomic E-state index is 13.1. The van der Waals surface area contributed by atoms with Gasteiger partial charge in [0.15, 0.2) is 11.5 Å². The number of benzene rings is 1. The van der Waals surface area contributed by atoms with E-state index >= 15 is 0 Å². The Hall–Kier alpha value is -1.22. The van der Waals surface area contributed by atoms with Crippen molar-refractivity contribution in [1.29, 1.82) is 0 Å². The molecule has 2 aliphatic rings. The van der Waals surface area contributed by atoms with Gasteiger partial charge in [-0.2, -0.15) is 16.1 Å². The van der Waals surface area contributed by atoms with Crippen molar-refractivity contribution >= 4 is 33.1 Å². The van der Waals surface area contributed by atoms with Crippen LogP contribution in [0.25, 0.3) is 0 Å². The molecule has 5 nitrogen and oxygen atoms in total. The van der Waals surface area contributed by atoms with Crippen LogP contribution in [0, 0.1) is 0 Å². The topological polar surface area (TPSA) is 55.8 Å². The van der Waals surface area contributed by atoms with E-state index < -0.39 is 10.0 Å². The van der Waals surface area contributed by atoms with Gasteiger partial charge in [-0.25, -0.2) is 8.42 Å².